The first-order chi connectivity index (χ1) is 16.9. The molecule has 5 atom stereocenters. The molecule has 2 saturated carbocycles. The summed E-state index contributed by atoms with van der Waals surface area (Å²) in [7, 11) is 1.67. The maximum atomic E-state index is 13.2. The van der Waals surface area contributed by atoms with Crippen LogP contribution >= 0.6 is 46.3 Å². The second-order valence-corrected chi connectivity index (χ2v) is 12.5. The fraction of sp³-hybridized carbons (Fsp3) is 0.385. The molecular weight excluding hydrogens is 523 g/mol. The molecule has 2 aromatic carbocycles. The predicted molar refractivity (Wildman–Crippen MR) is 142 cm³/mol. The minimum Gasteiger partial charge on any atom is -0.497 e. The van der Waals surface area contributed by atoms with Crippen LogP contribution in [0.4, 0.5) is 5.69 Å². The normalized spacial score (nSPS) is 26.3. The number of thiazole rings is 1. The molecule has 0 spiro atoms. The molecule has 0 saturated heterocycles. The molecular formula is C26H24Cl2N2O3S2. The number of ether oxygens (including phenoxy) is 1. The summed E-state index contributed by atoms with van der Waals surface area (Å²) >= 11 is 15.2. The number of rotatable bonds is 5. The van der Waals surface area contributed by atoms with E-state index in [2.05, 4.69) is 17.4 Å². The summed E-state index contributed by atoms with van der Waals surface area (Å²) in [5, 5.41) is 5.08. The van der Waals surface area contributed by atoms with E-state index in [0.29, 0.717) is 38.7 Å². The van der Waals surface area contributed by atoms with Crippen molar-refractivity contribution in [3.05, 3.63) is 72.6 Å². The molecule has 3 aromatic rings. The Hall–Kier alpha value is -1.93. The summed E-state index contributed by atoms with van der Waals surface area (Å²) in [6.45, 7) is -0.0290. The third-order valence-corrected chi connectivity index (χ3v) is 11.2. The van der Waals surface area contributed by atoms with E-state index in [9.17, 15) is 9.59 Å². The van der Waals surface area contributed by atoms with E-state index in [0.717, 1.165) is 15.7 Å². The number of halogens is 2. The zero-order chi connectivity index (χ0) is 24.3. The molecule has 2 bridgehead atoms. The maximum absolute atomic E-state index is 13.2. The van der Waals surface area contributed by atoms with Crippen molar-refractivity contribution in [2.24, 2.45) is 17.8 Å². The summed E-state index contributed by atoms with van der Waals surface area (Å²) in [6, 6.07) is 13.2. The lowest BCUT2D eigenvalue weighted by atomic mass is 9.75. The van der Waals surface area contributed by atoms with Crippen LogP contribution in [0.2, 0.25) is 10.0 Å². The lowest BCUT2D eigenvalue weighted by Gasteiger charge is -2.40. The van der Waals surface area contributed by atoms with Gasteiger partial charge in [-0.25, -0.2) is 0 Å². The summed E-state index contributed by atoms with van der Waals surface area (Å²) < 4.78 is 7.04. The summed E-state index contributed by atoms with van der Waals surface area (Å²) in [5.41, 5.74) is 1.78. The van der Waals surface area contributed by atoms with Gasteiger partial charge in [-0.3, -0.25) is 14.2 Å². The first-order valence-corrected chi connectivity index (χ1v) is 14.2. The molecule has 9 heteroatoms. The molecule has 35 heavy (non-hydrogen) atoms. The van der Waals surface area contributed by atoms with Gasteiger partial charge in [0.25, 0.3) is 0 Å². The maximum Gasteiger partial charge on any atom is 0.308 e. The van der Waals surface area contributed by atoms with Crippen LogP contribution in [0.1, 0.15) is 35.6 Å². The topological polar surface area (TPSA) is 60.3 Å². The van der Waals surface area contributed by atoms with E-state index in [-0.39, 0.29) is 23.2 Å². The zero-order valence-electron chi connectivity index (χ0n) is 19.0. The van der Waals surface area contributed by atoms with Gasteiger partial charge < -0.3 is 10.1 Å². The number of methoxy groups -OCH3 is 1. The summed E-state index contributed by atoms with van der Waals surface area (Å²) in [6.07, 6.45) is 3.80. The van der Waals surface area contributed by atoms with Crippen molar-refractivity contribution >= 4 is 57.9 Å². The minimum atomic E-state index is -0.261. The van der Waals surface area contributed by atoms with Crippen LogP contribution in [0.25, 0.3) is 0 Å². The number of nitrogens with one attached hydrogen (secondary N) is 1. The third-order valence-electron chi connectivity index (χ3n) is 7.67. The van der Waals surface area contributed by atoms with E-state index in [4.69, 9.17) is 27.9 Å². The van der Waals surface area contributed by atoms with Crippen molar-refractivity contribution in [3.63, 3.8) is 0 Å². The second kappa shape index (κ2) is 9.18. The monoisotopic (exact) mass is 546 g/mol. The van der Waals surface area contributed by atoms with Crippen molar-refractivity contribution in [2.45, 2.75) is 42.0 Å². The number of carbonyl (C=O) groups excluding carboxylic acids is 1. The number of amides is 1. The Morgan fingerprint density at radius 1 is 1.11 bits per heavy atom. The van der Waals surface area contributed by atoms with Crippen molar-refractivity contribution in [1.29, 1.82) is 0 Å². The molecule has 1 N–H and O–H groups in total. The second-order valence-electron chi connectivity index (χ2n) is 9.54. The molecule has 4 unspecified atom stereocenters. The van der Waals surface area contributed by atoms with Crippen molar-refractivity contribution < 1.29 is 9.53 Å². The third kappa shape index (κ3) is 4.10. The van der Waals surface area contributed by atoms with E-state index >= 15 is 0 Å². The van der Waals surface area contributed by atoms with Crippen LogP contribution < -0.4 is 14.9 Å². The van der Waals surface area contributed by atoms with Gasteiger partial charge in [0.1, 0.15) is 12.3 Å². The number of benzene rings is 2. The van der Waals surface area contributed by atoms with Gasteiger partial charge >= 0.3 is 4.87 Å². The van der Waals surface area contributed by atoms with E-state index < -0.39 is 0 Å². The number of hydrogen-bond donors (Lipinski definition) is 1. The van der Waals surface area contributed by atoms with Gasteiger partial charge in [-0.05, 0) is 72.9 Å². The Morgan fingerprint density at radius 3 is 2.63 bits per heavy atom. The highest BCUT2D eigenvalue weighted by molar-refractivity contribution is 8.00. The van der Waals surface area contributed by atoms with E-state index in [1.165, 1.54) is 36.2 Å². The number of hydrogen-bond acceptors (Lipinski definition) is 5. The van der Waals surface area contributed by atoms with E-state index in [1.807, 2.05) is 23.9 Å². The molecule has 3 aliphatic rings. The van der Waals surface area contributed by atoms with Gasteiger partial charge in [-0.1, -0.05) is 46.7 Å². The highest BCUT2D eigenvalue weighted by Crippen LogP contribution is 2.64. The van der Waals surface area contributed by atoms with Crippen LogP contribution in [-0.4, -0.2) is 22.8 Å². The first-order valence-electron chi connectivity index (χ1n) is 11.7. The number of nitrogens with zero attached hydrogens (tertiary/aromatic N) is 1. The molecule has 6 rings (SSSR count). The van der Waals surface area contributed by atoms with E-state index in [1.54, 1.807) is 29.9 Å². The standard InChI is InChI=1S/C26H24Cl2N2O3S2/c1-33-17-7-4-13(5-8-17)21-22-14-2-3-15(10-14)23(22)34-25-24(21)35-26(32)30(25)12-20(31)29-16-6-9-18(27)19(28)11-16/h4-9,11,14-15,21-23H,2-3,10,12H2,1H3,(H,29,31)/t14?,15?,21-,22?,23?/m1/s1. The van der Waals surface area contributed by atoms with Crippen LogP contribution in [0.3, 0.4) is 0 Å². The summed E-state index contributed by atoms with van der Waals surface area (Å²) in [4.78, 5) is 27.1. The Morgan fingerprint density at radius 2 is 1.89 bits per heavy atom. The molecule has 2 aliphatic carbocycles. The van der Waals surface area contributed by atoms with Crippen molar-refractivity contribution in [1.82, 2.24) is 4.57 Å². The highest BCUT2D eigenvalue weighted by Gasteiger charge is 2.55. The average Bonchev–Trinajstić information content (AvgIpc) is 3.55. The Bertz CT molecular complexity index is 1350. The fourth-order valence-electron chi connectivity index (χ4n) is 6.19. The fourth-order valence-corrected chi connectivity index (χ4v) is 9.64. The zero-order valence-corrected chi connectivity index (χ0v) is 22.1. The highest BCUT2D eigenvalue weighted by atomic mass is 35.5. The van der Waals surface area contributed by atoms with Crippen molar-refractivity contribution in [2.75, 3.05) is 12.4 Å². The van der Waals surface area contributed by atoms with Crippen LogP contribution in [-0.2, 0) is 11.3 Å². The van der Waals surface area contributed by atoms with Gasteiger partial charge in [0.05, 0.1) is 22.2 Å². The molecule has 182 valence electrons. The first kappa shape index (κ1) is 23.5. The minimum absolute atomic E-state index is 0.0290. The Kier molecular flexibility index (Phi) is 6.16. The number of thioether (sulfide) groups is 1. The van der Waals surface area contributed by atoms with Crippen LogP contribution in [0.5, 0.6) is 5.75 Å². The van der Waals surface area contributed by atoms with Crippen LogP contribution in [0, 0.1) is 17.8 Å². The molecule has 2 fully saturated rings. The quantitative estimate of drug-likeness (QED) is 0.395. The molecule has 0 radical (unpaired) electrons. The lowest BCUT2D eigenvalue weighted by molar-refractivity contribution is -0.116. The van der Waals surface area contributed by atoms with Crippen LogP contribution in [0.15, 0.2) is 52.3 Å². The smallest absolute Gasteiger partial charge is 0.308 e. The average molecular weight is 548 g/mol. The SMILES string of the molecule is COc1ccc([C@H]2c3sc(=O)n(CC(=O)Nc4ccc(Cl)c(Cl)c4)c3SC3C4CCC(C4)C32)cc1. The number of fused-ring (bicyclic) bond motifs is 6. The predicted octanol–water partition coefficient (Wildman–Crippen LogP) is 6.52. The number of aromatic nitrogens is 1. The Balaban J connectivity index is 1.35. The Labute approximate surface area is 221 Å². The largest absolute Gasteiger partial charge is 0.497 e. The lowest BCUT2D eigenvalue weighted by Crippen LogP contribution is -2.34. The number of anilines is 1. The van der Waals surface area contributed by atoms with Crippen molar-refractivity contribution in [3.8, 4) is 5.75 Å². The molecule has 1 aliphatic heterocycles. The molecule has 5 nitrogen and oxygen atoms in total. The number of carbonyl (C=O) groups is 1. The summed E-state index contributed by atoms with van der Waals surface area (Å²) in [5.74, 6) is 2.64. The van der Waals surface area contributed by atoms with Gasteiger partial charge in [-0.15, -0.1) is 11.8 Å². The molecule has 1 amide bonds. The molecule has 2 heterocycles. The van der Waals surface area contributed by atoms with Gasteiger partial charge in [0, 0.05) is 21.7 Å². The van der Waals surface area contributed by atoms with Gasteiger partial charge in [-0.2, -0.15) is 0 Å². The van der Waals surface area contributed by atoms with Gasteiger partial charge in [0.2, 0.25) is 5.91 Å². The molecule has 1 aromatic heterocycles. The van der Waals surface area contributed by atoms with Gasteiger partial charge in [0.15, 0.2) is 0 Å².